The monoisotopic (exact) mass is 466 g/mol. The van der Waals surface area contributed by atoms with E-state index in [1.807, 2.05) is 67.6 Å². The van der Waals surface area contributed by atoms with Crippen LogP contribution in [0.15, 0.2) is 78.9 Å². The first kappa shape index (κ1) is 24.5. The quantitative estimate of drug-likeness (QED) is 0.447. The molecule has 1 atom stereocenters. The van der Waals surface area contributed by atoms with Crippen LogP contribution < -0.4 is 5.32 Å². The van der Waals surface area contributed by atoms with Crippen LogP contribution >= 0.6 is 11.6 Å². The van der Waals surface area contributed by atoms with Crippen molar-refractivity contribution in [2.45, 2.75) is 38.8 Å². The third kappa shape index (κ3) is 6.90. The third-order valence-electron chi connectivity index (χ3n) is 5.41. The highest BCUT2D eigenvalue weighted by atomic mass is 35.5. The lowest BCUT2D eigenvalue weighted by Gasteiger charge is -2.32. The molecule has 0 aromatic heterocycles. The molecule has 0 radical (unpaired) electrons. The molecule has 0 fully saturated rings. The first-order chi connectivity index (χ1) is 16.0. The van der Waals surface area contributed by atoms with Crippen molar-refractivity contribution in [1.29, 1.82) is 0 Å². The van der Waals surface area contributed by atoms with E-state index >= 15 is 0 Å². The molecular formula is C27H28ClFN2O2. The van der Waals surface area contributed by atoms with Gasteiger partial charge in [0, 0.05) is 30.1 Å². The summed E-state index contributed by atoms with van der Waals surface area (Å²) in [5, 5.41) is 3.12. The van der Waals surface area contributed by atoms with Crippen LogP contribution in [0.2, 0.25) is 5.02 Å². The van der Waals surface area contributed by atoms with Crippen molar-refractivity contribution >= 4 is 23.4 Å². The highest BCUT2D eigenvalue weighted by Crippen LogP contribution is 2.22. The van der Waals surface area contributed by atoms with Gasteiger partial charge in [0.1, 0.15) is 11.9 Å². The van der Waals surface area contributed by atoms with E-state index in [2.05, 4.69) is 5.32 Å². The highest BCUT2D eigenvalue weighted by Gasteiger charge is 2.31. The highest BCUT2D eigenvalue weighted by molar-refractivity contribution is 6.31. The molecule has 0 aliphatic carbocycles. The summed E-state index contributed by atoms with van der Waals surface area (Å²) in [5.74, 6) is -1.13. The molecule has 1 N–H and O–H groups in total. The molecule has 3 aromatic carbocycles. The maximum atomic E-state index is 14.4. The number of carbonyl (C=O) groups is 2. The van der Waals surface area contributed by atoms with Gasteiger partial charge in [0.05, 0.1) is 6.42 Å². The number of halogens is 2. The van der Waals surface area contributed by atoms with E-state index in [9.17, 15) is 14.0 Å². The zero-order valence-corrected chi connectivity index (χ0v) is 19.4. The van der Waals surface area contributed by atoms with Crippen LogP contribution in [0.3, 0.4) is 0 Å². The van der Waals surface area contributed by atoms with Crippen molar-refractivity contribution in [1.82, 2.24) is 10.2 Å². The molecule has 6 heteroatoms. The van der Waals surface area contributed by atoms with E-state index in [1.54, 1.807) is 6.07 Å². The van der Waals surface area contributed by atoms with E-state index in [0.29, 0.717) is 13.0 Å². The molecule has 2 amide bonds. The lowest BCUT2D eigenvalue weighted by Crippen LogP contribution is -2.51. The molecule has 0 spiro atoms. The summed E-state index contributed by atoms with van der Waals surface area (Å²) < 4.78 is 14.4. The van der Waals surface area contributed by atoms with Gasteiger partial charge < -0.3 is 10.2 Å². The maximum absolute atomic E-state index is 14.4. The molecule has 0 unspecified atom stereocenters. The molecule has 172 valence electrons. The number of benzene rings is 3. The summed E-state index contributed by atoms with van der Waals surface area (Å²) in [7, 11) is 0. The van der Waals surface area contributed by atoms with Crippen LogP contribution in [0.25, 0.3) is 0 Å². The Morgan fingerprint density at radius 2 is 1.58 bits per heavy atom. The van der Waals surface area contributed by atoms with Gasteiger partial charge >= 0.3 is 0 Å². The SMILES string of the molecule is CCCNC(=O)[C@H](Cc1ccccc1)N(Cc1ccccc1)C(=O)Cc1c(F)cccc1Cl. The Bertz CT molecular complexity index is 1040. The lowest BCUT2D eigenvalue weighted by molar-refractivity contribution is -0.140. The number of rotatable bonds is 10. The molecular weight excluding hydrogens is 439 g/mol. The number of hydrogen-bond acceptors (Lipinski definition) is 2. The number of nitrogens with one attached hydrogen (secondary N) is 1. The summed E-state index contributed by atoms with van der Waals surface area (Å²) in [4.78, 5) is 28.3. The Morgan fingerprint density at radius 1 is 0.939 bits per heavy atom. The first-order valence-corrected chi connectivity index (χ1v) is 11.4. The van der Waals surface area contributed by atoms with Crippen molar-refractivity contribution in [3.05, 3.63) is 106 Å². The Kier molecular flexibility index (Phi) is 9.02. The van der Waals surface area contributed by atoms with Crippen LogP contribution in [-0.4, -0.2) is 29.3 Å². The van der Waals surface area contributed by atoms with Gasteiger partial charge in [-0.25, -0.2) is 4.39 Å². The van der Waals surface area contributed by atoms with E-state index < -0.39 is 11.9 Å². The number of carbonyl (C=O) groups excluding carboxylic acids is 2. The zero-order valence-electron chi connectivity index (χ0n) is 18.6. The van der Waals surface area contributed by atoms with E-state index in [1.165, 1.54) is 17.0 Å². The van der Waals surface area contributed by atoms with Gasteiger partial charge in [-0.2, -0.15) is 0 Å². The van der Waals surface area contributed by atoms with Crippen LogP contribution in [0.5, 0.6) is 0 Å². The van der Waals surface area contributed by atoms with E-state index in [-0.39, 0.29) is 35.4 Å². The Balaban J connectivity index is 1.97. The van der Waals surface area contributed by atoms with Gasteiger partial charge in [-0.1, -0.05) is 85.3 Å². The molecule has 3 aromatic rings. The minimum Gasteiger partial charge on any atom is -0.354 e. The van der Waals surface area contributed by atoms with Gasteiger partial charge in [0.2, 0.25) is 11.8 Å². The van der Waals surface area contributed by atoms with E-state index in [0.717, 1.165) is 17.5 Å². The minimum atomic E-state index is -0.753. The van der Waals surface area contributed by atoms with Crippen LogP contribution in [0, 0.1) is 5.82 Å². The van der Waals surface area contributed by atoms with Crippen molar-refractivity contribution in [2.24, 2.45) is 0 Å². The summed E-state index contributed by atoms with van der Waals surface area (Å²) in [5.41, 5.74) is 1.95. The molecule has 0 aliphatic rings. The Hall–Kier alpha value is -3.18. The average Bonchev–Trinajstić information content (AvgIpc) is 2.83. The van der Waals surface area contributed by atoms with E-state index in [4.69, 9.17) is 11.6 Å². The minimum absolute atomic E-state index is 0.134. The van der Waals surface area contributed by atoms with Gasteiger partial charge in [0.25, 0.3) is 0 Å². The summed E-state index contributed by atoms with van der Waals surface area (Å²) >= 11 is 6.19. The van der Waals surface area contributed by atoms with Crippen molar-refractivity contribution < 1.29 is 14.0 Å². The number of amides is 2. The summed E-state index contributed by atoms with van der Waals surface area (Å²) in [6.45, 7) is 2.71. The standard InChI is InChI=1S/C27H28ClFN2O2/c1-2-16-30-27(33)25(17-20-10-5-3-6-11-20)31(19-21-12-7-4-8-13-21)26(32)18-22-23(28)14-9-15-24(22)29/h3-15,25H,2,16-19H2,1H3,(H,30,33)/t25-/m0/s1. The third-order valence-corrected chi connectivity index (χ3v) is 5.76. The maximum Gasteiger partial charge on any atom is 0.243 e. The Morgan fingerprint density at radius 3 is 2.18 bits per heavy atom. The number of hydrogen-bond donors (Lipinski definition) is 1. The largest absolute Gasteiger partial charge is 0.354 e. The molecule has 3 rings (SSSR count). The fraction of sp³-hybridized carbons (Fsp3) is 0.259. The van der Waals surface area contributed by atoms with Crippen LogP contribution in [0.4, 0.5) is 4.39 Å². The molecule has 0 saturated heterocycles. The smallest absolute Gasteiger partial charge is 0.243 e. The predicted octanol–water partition coefficient (Wildman–Crippen LogP) is 5.19. The summed E-state index contributed by atoms with van der Waals surface area (Å²) in [6.07, 6.45) is 0.895. The average molecular weight is 467 g/mol. The fourth-order valence-electron chi connectivity index (χ4n) is 3.65. The van der Waals surface area contributed by atoms with Crippen molar-refractivity contribution in [2.75, 3.05) is 6.54 Å². The molecule has 0 saturated carbocycles. The molecule has 0 bridgehead atoms. The fourth-order valence-corrected chi connectivity index (χ4v) is 3.88. The second-order valence-electron chi connectivity index (χ2n) is 7.88. The zero-order chi connectivity index (χ0) is 23.6. The van der Waals surface area contributed by atoms with Gasteiger partial charge in [-0.3, -0.25) is 9.59 Å². The predicted molar refractivity (Wildman–Crippen MR) is 129 cm³/mol. The van der Waals surface area contributed by atoms with Gasteiger partial charge in [0.15, 0.2) is 0 Å². The number of nitrogens with zero attached hydrogens (tertiary/aromatic N) is 1. The molecule has 4 nitrogen and oxygen atoms in total. The second kappa shape index (κ2) is 12.2. The van der Waals surface area contributed by atoms with Crippen LogP contribution in [-0.2, 0) is 29.0 Å². The van der Waals surface area contributed by atoms with Crippen molar-refractivity contribution in [3.8, 4) is 0 Å². The summed E-state index contributed by atoms with van der Waals surface area (Å²) in [6, 6.07) is 22.6. The van der Waals surface area contributed by atoms with Crippen LogP contribution in [0.1, 0.15) is 30.0 Å². The first-order valence-electron chi connectivity index (χ1n) is 11.1. The molecule has 0 heterocycles. The van der Waals surface area contributed by atoms with Crippen molar-refractivity contribution in [3.63, 3.8) is 0 Å². The second-order valence-corrected chi connectivity index (χ2v) is 8.29. The normalized spacial score (nSPS) is 11.6. The molecule has 0 aliphatic heterocycles. The van der Waals surface area contributed by atoms with Gasteiger partial charge in [-0.05, 0) is 29.7 Å². The van der Waals surface area contributed by atoms with Gasteiger partial charge in [-0.15, -0.1) is 0 Å². The topological polar surface area (TPSA) is 49.4 Å². The molecule has 33 heavy (non-hydrogen) atoms. The Labute approximate surface area is 199 Å². The lowest BCUT2D eigenvalue weighted by atomic mass is 10.0.